The van der Waals surface area contributed by atoms with Gasteiger partial charge in [-0.2, -0.15) is 0 Å². The summed E-state index contributed by atoms with van der Waals surface area (Å²) in [5.74, 6) is 0.0417. The lowest BCUT2D eigenvalue weighted by Crippen LogP contribution is -2.55. The quantitative estimate of drug-likeness (QED) is 0.916. The van der Waals surface area contributed by atoms with Crippen LogP contribution in [0.25, 0.3) is 0 Å². The van der Waals surface area contributed by atoms with Gasteiger partial charge in [0.25, 0.3) is 5.91 Å². The smallest absolute Gasteiger partial charge is 0.253 e. The molecule has 2 saturated heterocycles. The first kappa shape index (κ1) is 18.4. The molecular formula is C21H32N2O2. The summed E-state index contributed by atoms with van der Waals surface area (Å²) < 4.78 is 0. The van der Waals surface area contributed by atoms with E-state index in [0.29, 0.717) is 13.1 Å². The Bertz CT molecular complexity index is 599. The van der Waals surface area contributed by atoms with Crippen LogP contribution in [0, 0.1) is 0 Å². The van der Waals surface area contributed by atoms with Gasteiger partial charge in [0, 0.05) is 18.7 Å². The molecule has 2 fully saturated rings. The molecule has 0 bridgehead atoms. The van der Waals surface area contributed by atoms with E-state index in [2.05, 4.69) is 25.7 Å². The van der Waals surface area contributed by atoms with Gasteiger partial charge in [-0.05, 0) is 61.9 Å². The second kappa shape index (κ2) is 7.08. The van der Waals surface area contributed by atoms with Crippen LogP contribution in [0.4, 0.5) is 0 Å². The minimum atomic E-state index is -0.760. The van der Waals surface area contributed by atoms with Gasteiger partial charge in [0.2, 0.25) is 0 Å². The molecule has 4 heteroatoms. The molecule has 4 nitrogen and oxygen atoms in total. The van der Waals surface area contributed by atoms with E-state index in [1.54, 1.807) is 0 Å². The maximum Gasteiger partial charge on any atom is 0.253 e. The fourth-order valence-electron chi connectivity index (χ4n) is 4.07. The number of hydrogen-bond acceptors (Lipinski definition) is 3. The summed E-state index contributed by atoms with van der Waals surface area (Å²) >= 11 is 0. The molecule has 1 amide bonds. The molecule has 138 valence electrons. The highest BCUT2D eigenvalue weighted by Gasteiger charge is 2.37. The van der Waals surface area contributed by atoms with E-state index in [1.807, 2.05) is 29.2 Å². The van der Waals surface area contributed by atoms with Gasteiger partial charge in [-0.1, -0.05) is 32.9 Å². The molecule has 0 aromatic heterocycles. The van der Waals surface area contributed by atoms with Crippen molar-refractivity contribution in [3.8, 4) is 0 Å². The highest BCUT2D eigenvalue weighted by Crippen LogP contribution is 2.26. The lowest BCUT2D eigenvalue weighted by atomic mass is 9.86. The van der Waals surface area contributed by atoms with Crippen LogP contribution in [0.5, 0.6) is 0 Å². The van der Waals surface area contributed by atoms with Gasteiger partial charge in [-0.25, -0.2) is 0 Å². The molecule has 1 aromatic carbocycles. The molecule has 0 saturated carbocycles. The molecule has 3 rings (SSSR count). The van der Waals surface area contributed by atoms with Crippen LogP contribution < -0.4 is 0 Å². The number of piperidine rings is 1. The fourth-order valence-corrected chi connectivity index (χ4v) is 4.07. The predicted octanol–water partition coefficient (Wildman–Crippen LogP) is 3.05. The van der Waals surface area contributed by atoms with Crippen molar-refractivity contribution in [3.63, 3.8) is 0 Å². The molecule has 0 spiro atoms. The van der Waals surface area contributed by atoms with Crippen LogP contribution in [0.2, 0.25) is 0 Å². The first-order valence-corrected chi connectivity index (χ1v) is 9.61. The third-order valence-electron chi connectivity index (χ3n) is 5.56. The number of amides is 1. The van der Waals surface area contributed by atoms with Gasteiger partial charge in [0.15, 0.2) is 0 Å². The van der Waals surface area contributed by atoms with Gasteiger partial charge in [0.1, 0.15) is 0 Å². The molecule has 0 radical (unpaired) electrons. The number of β-amino-alcohol motifs (C(OH)–C–C–N with tert-alkyl or cyclic N) is 1. The highest BCUT2D eigenvalue weighted by atomic mass is 16.3. The van der Waals surface area contributed by atoms with Crippen LogP contribution in [0.15, 0.2) is 24.3 Å². The van der Waals surface area contributed by atoms with Gasteiger partial charge < -0.3 is 14.9 Å². The van der Waals surface area contributed by atoms with Crippen LogP contribution in [-0.4, -0.2) is 59.1 Å². The first-order valence-electron chi connectivity index (χ1n) is 9.61. The molecule has 1 N–H and O–H groups in total. The van der Waals surface area contributed by atoms with E-state index in [-0.39, 0.29) is 11.3 Å². The van der Waals surface area contributed by atoms with Crippen molar-refractivity contribution < 1.29 is 9.90 Å². The Morgan fingerprint density at radius 3 is 2.32 bits per heavy atom. The second-order valence-electron chi connectivity index (χ2n) is 8.87. The summed E-state index contributed by atoms with van der Waals surface area (Å²) in [6, 6.07) is 7.95. The van der Waals surface area contributed by atoms with Crippen molar-refractivity contribution in [2.75, 3.05) is 32.7 Å². The zero-order valence-electron chi connectivity index (χ0n) is 15.9. The SMILES string of the molecule is CC(C)(C)c1ccc(C(=O)N2CCC[C@](O)(CN3CCCC3)C2)cc1. The summed E-state index contributed by atoms with van der Waals surface area (Å²) in [7, 11) is 0. The number of carbonyl (C=O) groups is 1. The largest absolute Gasteiger partial charge is 0.387 e. The summed E-state index contributed by atoms with van der Waals surface area (Å²) in [6.07, 6.45) is 4.10. The number of rotatable bonds is 3. The van der Waals surface area contributed by atoms with Gasteiger partial charge in [-0.15, -0.1) is 0 Å². The molecular weight excluding hydrogens is 312 g/mol. The summed E-state index contributed by atoms with van der Waals surface area (Å²) in [5.41, 5.74) is 1.28. The lowest BCUT2D eigenvalue weighted by Gasteiger charge is -2.41. The molecule has 0 aliphatic carbocycles. The van der Waals surface area contributed by atoms with Gasteiger partial charge >= 0.3 is 0 Å². The molecule has 2 aliphatic rings. The zero-order valence-corrected chi connectivity index (χ0v) is 15.9. The Morgan fingerprint density at radius 1 is 1.08 bits per heavy atom. The Kier molecular flexibility index (Phi) is 5.21. The Morgan fingerprint density at radius 2 is 1.72 bits per heavy atom. The average Bonchev–Trinajstić information content (AvgIpc) is 3.05. The van der Waals surface area contributed by atoms with Crippen molar-refractivity contribution in [1.29, 1.82) is 0 Å². The minimum absolute atomic E-state index is 0.0417. The monoisotopic (exact) mass is 344 g/mol. The molecule has 2 heterocycles. The molecule has 0 unspecified atom stereocenters. The maximum absolute atomic E-state index is 12.9. The van der Waals surface area contributed by atoms with Gasteiger partial charge in [0.05, 0.1) is 12.1 Å². The maximum atomic E-state index is 12.9. The van der Waals surface area contributed by atoms with E-state index >= 15 is 0 Å². The van der Waals surface area contributed by atoms with Crippen LogP contribution in [-0.2, 0) is 5.41 Å². The normalized spacial score (nSPS) is 25.4. The first-order chi connectivity index (χ1) is 11.8. The molecule has 25 heavy (non-hydrogen) atoms. The van der Waals surface area contributed by atoms with Crippen molar-refractivity contribution in [3.05, 3.63) is 35.4 Å². The predicted molar refractivity (Wildman–Crippen MR) is 101 cm³/mol. The van der Waals surface area contributed by atoms with E-state index < -0.39 is 5.60 Å². The summed E-state index contributed by atoms with van der Waals surface area (Å²) in [5, 5.41) is 11.0. The Balaban J connectivity index is 1.67. The minimum Gasteiger partial charge on any atom is -0.387 e. The molecule has 1 atom stereocenters. The lowest BCUT2D eigenvalue weighted by molar-refractivity contribution is -0.0431. The molecule has 1 aromatic rings. The van der Waals surface area contributed by atoms with Crippen molar-refractivity contribution in [1.82, 2.24) is 9.80 Å². The van der Waals surface area contributed by atoms with E-state index in [0.717, 1.165) is 38.0 Å². The number of hydrogen-bond donors (Lipinski definition) is 1. The number of likely N-dealkylation sites (tertiary alicyclic amines) is 2. The molecule has 2 aliphatic heterocycles. The summed E-state index contributed by atoms with van der Waals surface area (Å²) in [6.45, 7) is 10.5. The third-order valence-corrected chi connectivity index (χ3v) is 5.56. The number of nitrogens with zero attached hydrogens (tertiary/aromatic N) is 2. The van der Waals surface area contributed by atoms with Crippen LogP contribution in [0.3, 0.4) is 0 Å². The van der Waals surface area contributed by atoms with E-state index in [1.165, 1.54) is 18.4 Å². The highest BCUT2D eigenvalue weighted by molar-refractivity contribution is 5.94. The van der Waals surface area contributed by atoms with E-state index in [9.17, 15) is 9.90 Å². The number of aliphatic hydroxyl groups is 1. The van der Waals surface area contributed by atoms with Crippen molar-refractivity contribution in [2.24, 2.45) is 0 Å². The van der Waals surface area contributed by atoms with Crippen LogP contribution >= 0.6 is 0 Å². The number of benzene rings is 1. The van der Waals surface area contributed by atoms with Crippen molar-refractivity contribution in [2.45, 2.75) is 57.5 Å². The second-order valence-corrected chi connectivity index (χ2v) is 8.87. The average molecular weight is 344 g/mol. The standard InChI is InChI=1S/C21H32N2O2/c1-20(2,3)18-9-7-17(8-10-18)19(24)23-14-6-11-21(25,16-23)15-22-12-4-5-13-22/h7-10,25H,4-6,11-16H2,1-3H3/t21-/m0/s1. The fraction of sp³-hybridized carbons (Fsp3) is 0.667. The summed E-state index contributed by atoms with van der Waals surface area (Å²) in [4.78, 5) is 17.1. The van der Waals surface area contributed by atoms with Crippen LogP contribution in [0.1, 0.15) is 62.4 Å². The zero-order chi connectivity index (χ0) is 18.1. The Labute approximate surface area is 151 Å². The van der Waals surface area contributed by atoms with Crippen molar-refractivity contribution >= 4 is 5.91 Å². The third kappa shape index (κ3) is 4.42. The Hall–Kier alpha value is -1.39. The van der Waals surface area contributed by atoms with E-state index in [4.69, 9.17) is 0 Å². The van der Waals surface area contributed by atoms with Gasteiger partial charge in [-0.3, -0.25) is 4.79 Å². The number of carbonyl (C=O) groups excluding carboxylic acids is 1. The topological polar surface area (TPSA) is 43.8 Å².